The van der Waals surface area contributed by atoms with Crippen LogP contribution in [-0.2, 0) is 0 Å². The van der Waals surface area contributed by atoms with Crippen LogP contribution < -0.4 is 5.32 Å². The monoisotopic (exact) mass is 258 g/mol. The molecule has 0 saturated heterocycles. The predicted octanol–water partition coefficient (Wildman–Crippen LogP) is 2.49. The summed E-state index contributed by atoms with van der Waals surface area (Å²) < 4.78 is 0. The first kappa shape index (κ1) is 17.9. The summed E-state index contributed by atoms with van der Waals surface area (Å²) in [5.74, 6) is 0.691. The molecule has 3 nitrogen and oxygen atoms in total. The van der Waals surface area contributed by atoms with E-state index in [1.165, 1.54) is 0 Å². The van der Waals surface area contributed by atoms with Crippen LogP contribution in [0.4, 0.5) is 0 Å². The first-order valence-corrected chi connectivity index (χ1v) is 7.48. The minimum atomic E-state index is -0.153. The van der Waals surface area contributed by atoms with E-state index in [1.807, 2.05) is 0 Å². The third-order valence-electron chi connectivity index (χ3n) is 3.53. The van der Waals surface area contributed by atoms with Gasteiger partial charge in [0.1, 0.15) is 0 Å². The molecule has 0 saturated carbocycles. The van der Waals surface area contributed by atoms with Crippen LogP contribution in [0, 0.1) is 5.92 Å². The van der Waals surface area contributed by atoms with Crippen LogP contribution in [0.5, 0.6) is 0 Å². The number of aliphatic hydroxyl groups is 1. The molecule has 0 aliphatic carbocycles. The van der Waals surface area contributed by atoms with Crippen LogP contribution in [0.3, 0.4) is 0 Å². The molecule has 18 heavy (non-hydrogen) atoms. The average molecular weight is 258 g/mol. The summed E-state index contributed by atoms with van der Waals surface area (Å²) in [5, 5.41) is 13.1. The molecule has 0 heterocycles. The highest BCUT2D eigenvalue weighted by molar-refractivity contribution is 4.87. The molecule has 0 radical (unpaired) electrons. The Bertz CT molecular complexity index is 209. The zero-order valence-corrected chi connectivity index (χ0v) is 13.3. The molecule has 0 aromatic rings. The van der Waals surface area contributed by atoms with Crippen LogP contribution in [0.15, 0.2) is 0 Å². The van der Waals surface area contributed by atoms with Crippen LogP contribution in [0.2, 0.25) is 0 Å². The zero-order chi connectivity index (χ0) is 14.2. The maximum absolute atomic E-state index is 9.62. The minimum Gasteiger partial charge on any atom is -0.394 e. The SMILES string of the molecule is CCCNC(C)(CO)CC(C)N(CC)CC(C)C. The lowest BCUT2D eigenvalue weighted by molar-refractivity contribution is 0.111. The molecule has 110 valence electrons. The molecule has 0 aliphatic rings. The van der Waals surface area contributed by atoms with Crippen LogP contribution in [-0.4, -0.2) is 47.8 Å². The van der Waals surface area contributed by atoms with Gasteiger partial charge in [0.25, 0.3) is 0 Å². The van der Waals surface area contributed by atoms with E-state index in [1.54, 1.807) is 0 Å². The third-order valence-corrected chi connectivity index (χ3v) is 3.53. The number of rotatable bonds is 10. The van der Waals surface area contributed by atoms with Crippen LogP contribution in [0.25, 0.3) is 0 Å². The van der Waals surface area contributed by atoms with Crippen molar-refractivity contribution in [1.29, 1.82) is 0 Å². The summed E-state index contributed by atoms with van der Waals surface area (Å²) in [6.45, 7) is 16.7. The van der Waals surface area contributed by atoms with Gasteiger partial charge in [-0.2, -0.15) is 0 Å². The molecule has 2 N–H and O–H groups in total. The van der Waals surface area contributed by atoms with E-state index >= 15 is 0 Å². The number of nitrogens with one attached hydrogen (secondary N) is 1. The van der Waals surface area contributed by atoms with Gasteiger partial charge in [0.05, 0.1) is 6.61 Å². The first-order valence-electron chi connectivity index (χ1n) is 7.48. The molecule has 3 heteroatoms. The highest BCUT2D eigenvalue weighted by Crippen LogP contribution is 2.17. The molecule has 0 rings (SSSR count). The predicted molar refractivity (Wildman–Crippen MR) is 79.9 cm³/mol. The second-order valence-electron chi connectivity index (χ2n) is 6.18. The first-order chi connectivity index (χ1) is 8.38. The maximum Gasteiger partial charge on any atom is 0.0611 e. The smallest absolute Gasteiger partial charge is 0.0611 e. The van der Waals surface area contributed by atoms with Crippen LogP contribution in [0.1, 0.15) is 54.4 Å². The van der Waals surface area contributed by atoms with Crippen LogP contribution >= 0.6 is 0 Å². The van der Waals surface area contributed by atoms with E-state index in [0.29, 0.717) is 12.0 Å². The lowest BCUT2D eigenvalue weighted by atomic mass is 9.93. The van der Waals surface area contributed by atoms with Gasteiger partial charge >= 0.3 is 0 Å². The normalized spacial score (nSPS) is 17.2. The molecule has 0 fully saturated rings. The van der Waals surface area contributed by atoms with Gasteiger partial charge in [-0.3, -0.25) is 0 Å². The molecule has 0 bridgehead atoms. The Morgan fingerprint density at radius 2 is 1.83 bits per heavy atom. The van der Waals surface area contributed by atoms with E-state index < -0.39 is 0 Å². The summed E-state index contributed by atoms with van der Waals surface area (Å²) in [4.78, 5) is 2.51. The van der Waals surface area contributed by atoms with Gasteiger partial charge in [-0.1, -0.05) is 27.7 Å². The van der Waals surface area contributed by atoms with Crippen molar-refractivity contribution in [3.63, 3.8) is 0 Å². The average Bonchev–Trinajstić information content (AvgIpc) is 2.33. The lowest BCUT2D eigenvalue weighted by Gasteiger charge is -2.37. The van der Waals surface area contributed by atoms with Crippen molar-refractivity contribution in [1.82, 2.24) is 10.2 Å². The summed E-state index contributed by atoms with van der Waals surface area (Å²) in [6, 6.07) is 0.499. The fourth-order valence-corrected chi connectivity index (χ4v) is 2.49. The zero-order valence-electron chi connectivity index (χ0n) is 13.3. The molecule has 0 amide bonds. The Morgan fingerprint density at radius 3 is 2.22 bits per heavy atom. The second-order valence-corrected chi connectivity index (χ2v) is 6.18. The molecular weight excluding hydrogens is 224 g/mol. The van der Waals surface area contributed by atoms with E-state index in [9.17, 15) is 5.11 Å². The highest BCUT2D eigenvalue weighted by atomic mass is 16.3. The standard InChI is InChI=1S/C15H34N2O/c1-7-9-16-15(6,12-18)10-14(5)17(8-2)11-13(3)4/h13-14,16,18H,7-12H2,1-6H3. The van der Waals surface area contributed by atoms with Gasteiger partial charge in [-0.25, -0.2) is 0 Å². The topological polar surface area (TPSA) is 35.5 Å². The Labute approximate surface area is 114 Å². The number of aliphatic hydroxyl groups excluding tert-OH is 1. The quantitative estimate of drug-likeness (QED) is 0.632. The highest BCUT2D eigenvalue weighted by Gasteiger charge is 2.27. The fourth-order valence-electron chi connectivity index (χ4n) is 2.49. The van der Waals surface area contributed by atoms with Gasteiger partial charge in [-0.05, 0) is 45.7 Å². The van der Waals surface area contributed by atoms with Crippen molar-refractivity contribution < 1.29 is 5.11 Å². The van der Waals surface area contributed by atoms with Gasteiger partial charge in [0, 0.05) is 18.1 Å². The van der Waals surface area contributed by atoms with E-state index in [-0.39, 0.29) is 12.1 Å². The van der Waals surface area contributed by atoms with Gasteiger partial charge < -0.3 is 15.3 Å². The molecule has 2 unspecified atom stereocenters. The summed E-state index contributed by atoms with van der Waals surface area (Å²) in [7, 11) is 0. The van der Waals surface area contributed by atoms with Crippen molar-refractivity contribution in [3.05, 3.63) is 0 Å². The van der Waals surface area contributed by atoms with Gasteiger partial charge in [-0.15, -0.1) is 0 Å². The van der Waals surface area contributed by atoms with E-state index in [2.05, 4.69) is 51.8 Å². The minimum absolute atomic E-state index is 0.153. The van der Waals surface area contributed by atoms with Crippen molar-refractivity contribution >= 4 is 0 Å². The Hall–Kier alpha value is -0.120. The number of nitrogens with zero attached hydrogens (tertiary/aromatic N) is 1. The van der Waals surface area contributed by atoms with Gasteiger partial charge in [0.2, 0.25) is 0 Å². The molecule has 2 atom stereocenters. The maximum atomic E-state index is 9.62. The summed E-state index contributed by atoms with van der Waals surface area (Å²) >= 11 is 0. The molecular formula is C15H34N2O. The molecule has 0 spiro atoms. The van der Waals surface area contributed by atoms with Crippen molar-refractivity contribution in [3.8, 4) is 0 Å². The second kappa shape index (κ2) is 8.89. The van der Waals surface area contributed by atoms with Gasteiger partial charge in [0.15, 0.2) is 0 Å². The summed E-state index contributed by atoms with van der Waals surface area (Å²) in [5.41, 5.74) is -0.153. The van der Waals surface area contributed by atoms with Crippen molar-refractivity contribution in [2.24, 2.45) is 5.92 Å². The Kier molecular flexibility index (Phi) is 8.83. The fraction of sp³-hybridized carbons (Fsp3) is 1.00. The Balaban J connectivity index is 4.42. The number of hydrogen-bond acceptors (Lipinski definition) is 3. The molecule has 0 aliphatic heterocycles. The van der Waals surface area contributed by atoms with Crippen molar-refractivity contribution in [2.75, 3.05) is 26.2 Å². The van der Waals surface area contributed by atoms with E-state index in [4.69, 9.17) is 0 Å². The molecule has 0 aromatic heterocycles. The third kappa shape index (κ3) is 6.72. The van der Waals surface area contributed by atoms with E-state index in [0.717, 1.165) is 32.5 Å². The Morgan fingerprint density at radius 1 is 1.22 bits per heavy atom. The lowest BCUT2D eigenvalue weighted by Crippen LogP contribution is -2.51. The van der Waals surface area contributed by atoms with Crippen molar-refractivity contribution in [2.45, 2.75) is 66.0 Å². The number of hydrogen-bond donors (Lipinski definition) is 2. The largest absolute Gasteiger partial charge is 0.394 e. The molecule has 0 aromatic carbocycles. The summed E-state index contributed by atoms with van der Waals surface area (Å²) in [6.07, 6.45) is 2.09.